The Morgan fingerprint density at radius 1 is 1.28 bits per heavy atom. The maximum absolute atomic E-state index is 4.83. The molecule has 2 aromatic rings. The van der Waals surface area contributed by atoms with Gasteiger partial charge in [-0.05, 0) is 48.9 Å². The second-order valence-corrected chi connectivity index (χ2v) is 5.12. The summed E-state index contributed by atoms with van der Waals surface area (Å²) in [6.07, 6.45) is 5.90. The zero-order chi connectivity index (χ0) is 12.5. The number of fused-ring (bicyclic) bond motifs is 2. The summed E-state index contributed by atoms with van der Waals surface area (Å²) in [6.45, 7) is 2.23. The van der Waals surface area contributed by atoms with Gasteiger partial charge in [-0.15, -0.1) is 0 Å². The molecule has 3 rings (SSSR count). The molecule has 0 aliphatic heterocycles. The number of hydrogen-bond acceptors (Lipinski definition) is 2. The molecule has 0 radical (unpaired) electrons. The van der Waals surface area contributed by atoms with Crippen molar-refractivity contribution in [3.8, 4) is 0 Å². The van der Waals surface area contributed by atoms with E-state index in [1.807, 2.05) is 7.05 Å². The van der Waals surface area contributed by atoms with Crippen molar-refractivity contribution in [2.75, 3.05) is 12.4 Å². The molecule has 0 saturated heterocycles. The second kappa shape index (κ2) is 4.60. The minimum absolute atomic E-state index is 1.14. The molecule has 0 bridgehead atoms. The Balaban J connectivity index is 2.24. The Hall–Kier alpha value is -1.57. The first-order valence-corrected chi connectivity index (χ1v) is 6.95. The smallest absolute Gasteiger partial charge is 0.0726 e. The lowest BCUT2D eigenvalue weighted by atomic mass is 10.0. The minimum Gasteiger partial charge on any atom is -0.387 e. The van der Waals surface area contributed by atoms with Gasteiger partial charge < -0.3 is 5.32 Å². The Morgan fingerprint density at radius 2 is 2.17 bits per heavy atom. The molecule has 1 aromatic heterocycles. The van der Waals surface area contributed by atoms with Crippen molar-refractivity contribution in [3.63, 3.8) is 0 Å². The van der Waals surface area contributed by atoms with E-state index in [2.05, 4.69) is 30.4 Å². The standard InChI is InChI=1S/C16H20N2/c1-3-5-11-8-9-15-13(10-11)16(17-2)12-6-4-7-14(12)18-15/h8-10H,3-7H2,1-2H3,(H,17,18). The molecule has 2 nitrogen and oxygen atoms in total. The molecule has 94 valence electrons. The van der Waals surface area contributed by atoms with Gasteiger partial charge in [0.05, 0.1) is 5.52 Å². The van der Waals surface area contributed by atoms with Crippen LogP contribution in [0.2, 0.25) is 0 Å². The average Bonchev–Trinajstić information content (AvgIpc) is 2.84. The summed E-state index contributed by atoms with van der Waals surface area (Å²) >= 11 is 0. The second-order valence-electron chi connectivity index (χ2n) is 5.12. The van der Waals surface area contributed by atoms with E-state index in [0.29, 0.717) is 0 Å². The number of nitrogens with one attached hydrogen (secondary N) is 1. The van der Waals surface area contributed by atoms with Crippen LogP contribution in [-0.2, 0) is 19.3 Å². The van der Waals surface area contributed by atoms with Gasteiger partial charge in [0.2, 0.25) is 0 Å². The molecule has 0 amide bonds. The number of pyridine rings is 1. The first kappa shape index (κ1) is 11.5. The van der Waals surface area contributed by atoms with E-state index in [1.165, 1.54) is 47.2 Å². The fourth-order valence-electron chi connectivity index (χ4n) is 3.04. The molecule has 1 aromatic carbocycles. The highest BCUT2D eigenvalue weighted by Gasteiger charge is 2.18. The van der Waals surface area contributed by atoms with Crippen molar-refractivity contribution in [3.05, 3.63) is 35.0 Å². The van der Waals surface area contributed by atoms with Crippen molar-refractivity contribution >= 4 is 16.6 Å². The van der Waals surface area contributed by atoms with Crippen LogP contribution >= 0.6 is 0 Å². The van der Waals surface area contributed by atoms with E-state index in [1.54, 1.807) is 0 Å². The molecule has 0 spiro atoms. The van der Waals surface area contributed by atoms with Gasteiger partial charge in [0.25, 0.3) is 0 Å². The molecule has 0 unspecified atom stereocenters. The number of aromatic nitrogens is 1. The van der Waals surface area contributed by atoms with E-state index in [-0.39, 0.29) is 0 Å². The summed E-state index contributed by atoms with van der Waals surface area (Å²) in [7, 11) is 2.03. The van der Waals surface area contributed by atoms with Gasteiger partial charge in [-0.1, -0.05) is 19.4 Å². The van der Waals surface area contributed by atoms with Gasteiger partial charge in [0.1, 0.15) is 0 Å². The first-order chi connectivity index (χ1) is 8.83. The fraction of sp³-hybridized carbons (Fsp3) is 0.438. The summed E-state index contributed by atoms with van der Waals surface area (Å²) in [5.41, 5.74) is 6.61. The highest BCUT2D eigenvalue weighted by atomic mass is 14.9. The van der Waals surface area contributed by atoms with E-state index < -0.39 is 0 Å². The van der Waals surface area contributed by atoms with Gasteiger partial charge in [0, 0.05) is 23.8 Å². The maximum Gasteiger partial charge on any atom is 0.0726 e. The molecule has 1 N–H and O–H groups in total. The lowest BCUT2D eigenvalue weighted by Crippen LogP contribution is -2.00. The molecule has 1 aliphatic rings. The highest BCUT2D eigenvalue weighted by Crippen LogP contribution is 2.34. The number of hydrogen-bond donors (Lipinski definition) is 1. The molecule has 0 atom stereocenters. The van der Waals surface area contributed by atoms with Crippen LogP contribution in [0.25, 0.3) is 10.9 Å². The Bertz CT molecular complexity index is 587. The first-order valence-electron chi connectivity index (χ1n) is 6.95. The molecular formula is C16H20N2. The van der Waals surface area contributed by atoms with Crippen molar-refractivity contribution in [2.24, 2.45) is 0 Å². The molecule has 1 heterocycles. The Morgan fingerprint density at radius 3 is 2.94 bits per heavy atom. The predicted molar refractivity (Wildman–Crippen MR) is 77.3 cm³/mol. The van der Waals surface area contributed by atoms with Crippen LogP contribution in [0.15, 0.2) is 18.2 Å². The van der Waals surface area contributed by atoms with Crippen LogP contribution < -0.4 is 5.32 Å². The predicted octanol–water partition coefficient (Wildman–Crippen LogP) is 3.72. The van der Waals surface area contributed by atoms with Gasteiger partial charge in [-0.3, -0.25) is 4.98 Å². The number of nitrogens with zero attached hydrogens (tertiary/aromatic N) is 1. The van der Waals surface area contributed by atoms with Crippen LogP contribution in [0.5, 0.6) is 0 Å². The normalized spacial score (nSPS) is 13.9. The molecule has 0 saturated carbocycles. The van der Waals surface area contributed by atoms with Crippen LogP contribution in [0, 0.1) is 0 Å². The third-order valence-electron chi connectivity index (χ3n) is 3.86. The average molecular weight is 240 g/mol. The molecular weight excluding hydrogens is 220 g/mol. The van der Waals surface area contributed by atoms with Crippen molar-refractivity contribution in [1.29, 1.82) is 0 Å². The lowest BCUT2D eigenvalue weighted by Gasteiger charge is -2.12. The van der Waals surface area contributed by atoms with Crippen molar-refractivity contribution in [2.45, 2.75) is 39.0 Å². The summed E-state index contributed by atoms with van der Waals surface area (Å²) in [5, 5.41) is 4.70. The van der Waals surface area contributed by atoms with Crippen LogP contribution in [-0.4, -0.2) is 12.0 Å². The molecule has 1 aliphatic carbocycles. The Labute approximate surface area is 108 Å². The third-order valence-corrected chi connectivity index (χ3v) is 3.86. The van der Waals surface area contributed by atoms with Gasteiger partial charge in [-0.25, -0.2) is 0 Å². The highest BCUT2D eigenvalue weighted by molar-refractivity contribution is 5.94. The number of rotatable bonds is 3. The SMILES string of the molecule is CCCc1ccc2nc3c(c(NC)c2c1)CCC3. The summed E-state index contributed by atoms with van der Waals surface area (Å²) < 4.78 is 0. The van der Waals surface area contributed by atoms with Crippen LogP contribution in [0.1, 0.15) is 36.6 Å². The van der Waals surface area contributed by atoms with Crippen molar-refractivity contribution in [1.82, 2.24) is 4.98 Å². The van der Waals surface area contributed by atoms with Crippen molar-refractivity contribution < 1.29 is 0 Å². The zero-order valence-electron chi connectivity index (χ0n) is 11.2. The summed E-state index contributed by atoms with van der Waals surface area (Å²) in [4.78, 5) is 4.83. The maximum atomic E-state index is 4.83. The van der Waals surface area contributed by atoms with Crippen LogP contribution in [0.3, 0.4) is 0 Å². The van der Waals surface area contributed by atoms with E-state index in [0.717, 1.165) is 18.4 Å². The quantitative estimate of drug-likeness (QED) is 0.884. The lowest BCUT2D eigenvalue weighted by molar-refractivity contribution is 0.901. The van der Waals surface area contributed by atoms with Gasteiger partial charge in [-0.2, -0.15) is 0 Å². The fourth-order valence-corrected chi connectivity index (χ4v) is 3.04. The van der Waals surface area contributed by atoms with E-state index in [4.69, 9.17) is 4.98 Å². The topological polar surface area (TPSA) is 24.9 Å². The molecule has 0 fully saturated rings. The largest absolute Gasteiger partial charge is 0.387 e. The number of anilines is 1. The third kappa shape index (κ3) is 1.76. The minimum atomic E-state index is 1.14. The Kier molecular flexibility index (Phi) is 2.94. The summed E-state index contributed by atoms with van der Waals surface area (Å²) in [6, 6.07) is 6.72. The van der Waals surface area contributed by atoms with Crippen LogP contribution in [0.4, 0.5) is 5.69 Å². The zero-order valence-corrected chi connectivity index (χ0v) is 11.2. The molecule has 18 heavy (non-hydrogen) atoms. The summed E-state index contributed by atoms with van der Waals surface area (Å²) in [5.74, 6) is 0. The van der Waals surface area contributed by atoms with E-state index in [9.17, 15) is 0 Å². The number of aryl methyl sites for hydroxylation is 2. The molecule has 2 heteroatoms. The monoisotopic (exact) mass is 240 g/mol. The number of benzene rings is 1. The van der Waals surface area contributed by atoms with E-state index >= 15 is 0 Å². The van der Waals surface area contributed by atoms with Gasteiger partial charge in [0.15, 0.2) is 0 Å². The van der Waals surface area contributed by atoms with Gasteiger partial charge >= 0.3 is 0 Å².